The van der Waals surface area contributed by atoms with Crippen LogP contribution in [0, 0.1) is 0 Å². The standard InChI is InChI=1S/C19H20ClNO4/c20-15-8-13(9-18-19(15)23-7-3-6-22-18)10-21-11-14-12-24-16-4-1-2-5-17(16)25-14/h1-2,4-5,8-9,14,21H,3,6-7,10-12H2. The van der Waals surface area contributed by atoms with Crippen molar-refractivity contribution in [3.63, 3.8) is 0 Å². The summed E-state index contributed by atoms with van der Waals surface area (Å²) >= 11 is 6.33. The lowest BCUT2D eigenvalue weighted by atomic mass is 10.2. The topological polar surface area (TPSA) is 49.0 Å². The zero-order chi connectivity index (χ0) is 17.1. The Hall–Kier alpha value is -2.11. The number of hydrogen-bond acceptors (Lipinski definition) is 5. The average molecular weight is 362 g/mol. The van der Waals surface area contributed by atoms with Gasteiger partial charge in [-0.1, -0.05) is 23.7 Å². The summed E-state index contributed by atoms with van der Waals surface area (Å²) in [5.74, 6) is 2.95. The Kier molecular flexibility index (Phi) is 4.85. The maximum Gasteiger partial charge on any atom is 0.179 e. The van der Waals surface area contributed by atoms with Gasteiger partial charge in [-0.15, -0.1) is 0 Å². The molecule has 0 aliphatic carbocycles. The minimum absolute atomic E-state index is 0.0224. The number of fused-ring (bicyclic) bond motifs is 2. The first-order chi connectivity index (χ1) is 12.3. The van der Waals surface area contributed by atoms with E-state index in [-0.39, 0.29) is 6.10 Å². The molecule has 2 aromatic carbocycles. The van der Waals surface area contributed by atoms with Crippen molar-refractivity contribution in [3.05, 3.63) is 47.0 Å². The Morgan fingerprint density at radius 3 is 2.76 bits per heavy atom. The molecule has 5 nitrogen and oxygen atoms in total. The Morgan fingerprint density at radius 2 is 1.84 bits per heavy atom. The van der Waals surface area contributed by atoms with E-state index >= 15 is 0 Å². The molecular formula is C19H20ClNO4. The molecule has 2 aliphatic heterocycles. The van der Waals surface area contributed by atoms with Gasteiger partial charge in [0.15, 0.2) is 23.0 Å². The molecule has 0 fully saturated rings. The van der Waals surface area contributed by atoms with Gasteiger partial charge in [0, 0.05) is 19.5 Å². The molecule has 0 amide bonds. The van der Waals surface area contributed by atoms with E-state index in [2.05, 4.69) is 5.32 Å². The predicted octanol–water partition coefficient (Wildman–Crippen LogP) is 3.43. The van der Waals surface area contributed by atoms with E-state index in [0.717, 1.165) is 23.5 Å². The summed E-state index contributed by atoms with van der Waals surface area (Å²) in [6, 6.07) is 11.6. The zero-order valence-electron chi connectivity index (χ0n) is 13.8. The lowest BCUT2D eigenvalue weighted by Gasteiger charge is -2.26. The number of rotatable bonds is 4. The Balaban J connectivity index is 1.35. The van der Waals surface area contributed by atoms with E-state index in [1.165, 1.54) is 0 Å². The van der Waals surface area contributed by atoms with Crippen LogP contribution in [0.4, 0.5) is 0 Å². The molecule has 2 aromatic rings. The quantitative estimate of drug-likeness (QED) is 0.904. The third-order valence-electron chi connectivity index (χ3n) is 4.13. The molecule has 0 saturated carbocycles. The summed E-state index contributed by atoms with van der Waals surface area (Å²) in [5.41, 5.74) is 1.05. The van der Waals surface area contributed by atoms with Crippen molar-refractivity contribution < 1.29 is 18.9 Å². The number of ether oxygens (including phenoxy) is 4. The summed E-state index contributed by atoms with van der Waals surface area (Å²) in [6.45, 7) is 3.15. The van der Waals surface area contributed by atoms with Gasteiger partial charge in [-0.2, -0.15) is 0 Å². The maximum atomic E-state index is 6.33. The van der Waals surface area contributed by atoms with Crippen LogP contribution in [-0.2, 0) is 6.54 Å². The van der Waals surface area contributed by atoms with Gasteiger partial charge in [0.25, 0.3) is 0 Å². The van der Waals surface area contributed by atoms with Gasteiger partial charge in [-0.3, -0.25) is 0 Å². The largest absolute Gasteiger partial charge is 0.489 e. The van der Waals surface area contributed by atoms with Crippen molar-refractivity contribution >= 4 is 11.6 Å². The van der Waals surface area contributed by atoms with E-state index in [1.807, 2.05) is 36.4 Å². The monoisotopic (exact) mass is 361 g/mol. The summed E-state index contributed by atoms with van der Waals surface area (Å²) < 4.78 is 23.0. The molecule has 0 bridgehead atoms. The molecule has 1 atom stereocenters. The normalized spacial score (nSPS) is 18.5. The molecule has 0 aromatic heterocycles. The number of hydrogen-bond donors (Lipinski definition) is 1. The Morgan fingerprint density at radius 1 is 1.00 bits per heavy atom. The first kappa shape index (κ1) is 16.4. The molecule has 6 heteroatoms. The third kappa shape index (κ3) is 3.78. The van der Waals surface area contributed by atoms with Crippen molar-refractivity contribution in [2.75, 3.05) is 26.4 Å². The summed E-state index contributed by atoms with van der Waals surface area (Å²) in [4.78, 5) is 0. The number of para-hydroxylation sites is 2. The molecule has 25 heavy (non-hydrogen) atoms. The summed E-state index contributed by atoms with van der Waals surface area (Å²) in [5, 5.41) is 3.98. The van der Waals surface area contributed by atoms with Crippen LogP contribution in [0.25, 0.3) is 0 Å². The van der Waals surface area contributed by atoms with Crippen LogP contribution in [-0.4, -0.2) is 32.5 Å². The lowest BCUT2D eigenvalue weighted by Crippen LogP contribution is -2.38. The molecular weight excluding hydrogens is 342 g/mol. The zero-order valence-corrected chi connectivity index (χ0v) is 14.6. The molecule has 2 heterocycles. The fourth-order valence-corrected chi connectivity index (χ4v) is 3.22. The Labute approximate surface area is 151 Å². The van der Waals surface area contributed by atoms with Crippen molar-refractivity contribution in [2.45, 2.75) is 19.1 Å². The van der Waals surface area contributed by atoms with Crippen LogP contribution in [0.3, 0.4) is 0 Å². The molecule has 1 N–H and O–H groups in total. The van der Waals surface area contributed by atoms with Crippen LogP contribution in [0.15, 0.2) is 36.4 Å². The molecule has 4 rings (SSSR count). The van der Waals surface area contributed by atoms with Gasteiger partial charge in [0.05, 0.1) is 18.2 Å². The minimum atomic E-state index is -0.0224. The number of nitrogens with one attached hydrogen (secondary N) is 1. The Bertz CT molecular complexity index is 752. The SMILES string of the molecule is Clc1cc(CNCC2COc3ccccc3O2)cc2c1OCCCO2. The van der Waals surface area contributed by atoms with Crippen LogP contribution >= 0.6 is 11.6 Å². The average Bonchev–Trinajstić information content (AvgIpc) is 2.87. The van der Waals surface area contributed by atoms with Crippen molar-refractivity contribution in [1.82, 2.24) is 5.32 Å². The van der Waals surface area contributed by atoms with Crippen LogP contribution in [0.1, 0.15) is 12.0 Å². The van der Waals surface area contributed by atoms with Crippen molar-refractivity contribution in [2.24, 2.45) is 0 Å². The summed E-state index contributed by atoms with van der Waals surface area (Å²) in [6.07, 6.45) is 0.838. The molecule has 1 unspecified atom stereocenters. The minimum Gasteiger partial charge on any atom is -0.489 e. The van der Waals surface area contributed by atoms with Gasteiger partial charge in [-0.25, -0.2) is 0 Å². The van der Waals surface area contributed by atoms with Crippen LogP contribution in [0.2, 0.25) is 5.02 Å². The molecule has 0 saturated heterocycles. The second-order valence-electron chi connectivity index (χ2n) is 6.08. The van der Waals surface area contributed by atoms with Gasteiger partial charge < -0.3 is 24.3 Å². The highest BCUT2D eigenvalue weighted by molar-refractivity contribution is 6.32. The van der Waals surface area contributed by atoms with Gasteiger partial charge >= 0.3 is 0 Å². The molecule has 2 aliphatic rings. The first-order valence-corrected chi connectivity index (χ1v) is 8.84. The van der Waals surface area contributed by atoms with E-state index < -0.39 is 0 Å². The smallest absolute Gasteiger partial charge is 0.179 e. The maximum absolute atomic E-state index is 6.33. The van der Waals surface area contributed by atoms with E-state index in [4.69, 9.17) is 30.5 Å². The highest BCUT2D eigenvalue weighted by Gasteiger charge is 2.20. The summed E-state index contributed by atoms with van der Waals surface area (Å²) in [7, 11) is 0. The van der Waals surface area contributed by atoms with E-state index in [0.29, 0.717) is 49.4 Å². The number of halogens is 1. The first-order valence-electron chi connectivity index (χ1n) is 8.47. The van der Waals surface area contributed by atoms with E-state index in [9.17, 15) is 0 Å². The van der Waals surface area contributed by atoms with Crippen LogP contribution in [0.5, 0.6) is 23.0 Å². The lowest BCUT2D eigenvalue weighted by molar-refractivity contribution is 0.0902. The van der Waals surface area contributed by atoms with Crippen molar-refractivity contribution in [3.8, 4) is 23.0 Å². The fraction of sp³-hybridized carbons (Fsp3) is 0.368. The van der Waals surface area contributed by atoms with Crippen LogP contribution < -0.4 is 24.3 Å². The van der Waals surface area contributed by atoms with Crippen molar-refractivity contribution in [1.29, 1.82) is 0 Å². The molecule has 0 radical (unpaired) electrons. The molecule has 0 spiro atoms. The van der Waals surface area contributed by atoms with E-state index in [1.54, 1.807) is 0 Å². The second kappa shape index (κ2) is 7.42. The number of benzene rings is 2. The predicted molar refractivity (Wildman–Crippen MR) is 95.1 cm³/mol. The highest BCUT2D eigenvalue weighted by Crippen LogP contribution is 2.38. The van der Waals surface area contributed by atoms with Gasteiger partial charge in [-0.05, 0) is 29.8 Å². The second-order valence-corrected chi connectivity index (χ2v) is 6.49. The van der Waals surface area contributed by atoms with Gasteiger partial charge in [0.2, 0.25) is 0 Å². The van der Waals surface area contributed by atoms with Gasteiger partial charge in [0.1, 0.15) is 12.7 Å². The third-order valence-corrected chi connectivity index (χ3v) is 4.41. The highest BCUT2D eigenvalue weighted by atomic mass is 35.5. The fourth-order valence-electron chi connectivity index (χ4n) is 2.93. The molecule has 132 valence electrons.